The smallest absolute Gasteiger partial charge is 0.234 e. The first-order valence-electron chi connectivity index (χ1n) is 7.13. The summed E-state index contributed by atoms with van der Waals surface area (Å²) in [6, 6.07) is 0.291. The summed E-state index contributed by atoms with van der Waals surface area (Å²) in [5.74, 6) is 0.0138. The van der Waals surface area contributed by atoms with Crippen LogP contribution in [0, 0.1) is 0 Å². The molecule has 1 aliphatic heterocycles. The van der Waals surface area contributed by atoms with Crippen LogP contribution in [0.15, 0.2) is 0 Å². The molecule has 1 saturated heterocycles. The van der Waals surface area contributed by atoms with Gasteiger partial charge in [0, 0.05) is 32.3 Å². The maximum atomic E-state index is 11.8. The number of carbonyl (C=O) groups excluding carboxylic acids is 1. The Morgan fingerprint density at radius 1 is 1.32 bits per heavy atom. The number of hydrogen-bond acceptors (Lipinski definition) is 5. The van der Waals surface area contributed by atoms with Crippen molar-refractivity contribution in [2.45, 2.75) is 39.0 Å². The van der Waals surface area contributed by atoms with Gasteiger partial charge in [-0.2, -0.15) is 0 Å². The number of carbonyl (C=O) groups is 1. The summed E-state index contributed by atoms with van der Waals surface area (Å²) in [5.41, 5.74) is 5.83. The standard InChI is InChI=1S/C13H27N3O3/c1-3-18-13(19-4-2)9-15-12(17)10-16-7-5-11(14)6-8-16/h11,13H,3-10,14H2,1-2H3,(H,15,17). The topological polar surface area (TPSA) is 76.8 Å². The molecule has 0 aliphatic carbocycles. The summed E-state index contributed by atoms with van der Waals surface area (Å²) < 4.78 is 10.7. The zero-order valence-corrected chi connectivity index (χ0v) is 12.1. The van der Waals surface area contributed by atoms with Crippen molar-refractivity contribution < 1.29 is 14.3 Å². The molecule has 1 fully saturated rings. The molecule has 3 N–H and O–H groups in total. The Morgan fingerprint density at radius 2 is 1.89 bits per heavy atom. The molecule has 1 amide bonds. The maximum Gasteiger partial charge on any atom is 0.234 e. The van der Waals surface area contributed by atoms with Crippen LogP contribution in [0.5, 0.6) is 0 Å². The van der Waals surface area contributed by atoms with Gasteiger partial charge in [0.1, 0.15) is 0 Å². The van der Waals surface area contributed by atoms with E-state index in [9.17, 15) is 4.79 Å². The van der Waals surface area contributed by atoms with E-state index in [4.69, 9.17) is 15.2 Å². The van der Waals surface area contributed by atoms with Crippen molar-refractivity contribution in [3.63, 3.8) is 0 Å². The molecule has 0 aromatic carbocycles. The number of piperidine rings is 1. The number of rotatable bonds is 8. The fourth-order valence-corrected chi connectivity index (χ4v) is 2.10. The van der Waals surface area contributed by atoms with Gasteiger partial charge < -0.3 is 20.5 Å². The Bertz CT molecular complexity index is 250. The van der Waals surface area contributed by atoms with Crippen LogP contribution in [0.1, 0.15) is 26.7 Å². The van der Waals surface area contributed by atoms with Crippen molar-refractivity contribution in [2.24, 2.45) is 5.73 Å². The highest BCUT2D eigenvalue weighted by Crippen LogP contribution is 2.07. The van der Waals surface area contributed by atoms with E-state index in [2.05, 4.69) is 10.2 Å². The Labute approximate surface area is 115 Å². The predicted octanol–water partition coefficient (Wildman–Crippen LogP) is -0.0752. The number of hydrogen-bond donors (Lipinski definition) is 2. The lowest BCUT2D eigenvalue weighted by Crippen LogP contribution is -2.46. The summed E-state index contributed by atoms with van der Waals surface area (Å²) in [5, 5.41) is 2.85. The van der Waals surface area contributed by atoms with Crippen molar-refractivity contribution in [2.75, 3.05) is 39.4 Å². The number of nitrogens with zero attached hydrogens (tertiary/aromatic N) is 1. The number of nitrogens with two attached hydrogens (primary N) is 1. The van der Waals surface area contributed by atoms with Crippen LogP contribution in [0.2, 0.25) is 0 Å². The number of nitrogens with one attached hydrogen (secondary N) is 1. The third-order valence-corrected chi connectivity index (χ3v) is 3.17. The van der Waals surface area contributed by atoms with Crippen molar-refractivity contribution in [3.05, 3.63) is 0 Å². The zero-order valence-electron chi connectivity index (χ0n) is 12.1. The SMILES string of the molecule is CCOC(CNC(=O)CN1CCC(N)CC1)OCC. The zero-order chi connectivity index (χ0) is 14.1. The highest BCUT2D eigenvalue weighted by molar-refractivity contribution is 5.78. The van der Waals surface area contributed by atoms with E-state index in [1.54, 1.807) is 0 Å². The third kappa shape index (κ3) is 6.87. The lowest BCUT2D eigenvalue weighted by Gasteiger charge is -2.29. The molecule has 6 nitrogen and oxygen atoms in total. The third-order valence-electron chi connectivity index (χ3n) is 3.17. The van der Waals surface area contributed by atoms with Gasteiger partial charge in [0.05, 0.1) is 13.1 Å². The normalized spacial score (nSPS) is 17.9. The van der Waals surface area contributed by atoms with Crippen molar-refractivity contribution in [1.29, 1.82) is 0 Å². The molecular weight excluding hydrogens is 246 g/mol. The number of amides is 1. The molecule has 1 aliphatic rings. The Balaban J connectivity index is 2.19. The summed E-state index contributed by atoms with van der Waals surface area (Å²) >= 11 is 0. The molecule has 0 aromatic heterocycles. The molecule has 0 radical (unpaired) electrons. The molecule has 112 valence electrons. The Morgan fingerprint density at radius 3 is 2.42 bits per heavy atom. The average molecular weight is 273 g/mol. The highest BCUT2D eigenvalue weighted by atomic mass is 16.7. The van der Waals surface area contributed by atoms with Gasteiger partial charge in [-0.3, -0.25) is 9.69 Å². The molecule has 1 heterocycles. The van der Waals surface area contributed by atoms with Crippen LogP contribution in [-0.2, 0) is 14.3 Å². The van der Waals surface area contributed by atoms with Gasteiger partial charge in [0.15, 0.2) is 6.29 Å². The molecule has 1 rings (SSSR count). The highest BCUT2D eigenvalue weighted by Gasteiger charge is 2.18. The summed E-state index contributed by atoms with van der Waals surface area (Å²) in [7, 11) is 0. The second kappa shape index (κ2) is 9.25. The first kappa shape index (κ1) is 16.4. The van der Waals surface area contributed by atoms with Crippen LogP contribution < -0.4 is 11.1 Å². The number of likely N-dealkylation sites (tertiary alicyclic amines) is 1. The van der Waals surface area contributed by atoms with Gasteiger partial charge >= 0.3 is 0 Å². The van der Waals surface area contributed by atoms with E-state index < -0.39 is 0 Å². The molecule has 0 spiro atoms. The van der Waals surface area contributed by atoms with Gasteiger partial charge in [-0.05, 0) is 26.7 Å². The van der Waals surface area contributed by atoms with Gasteiger partial charge in [0.25, 0.3) is 0 Å². The molecule has 0 bridgehead atoms. The van der Waals surface area contributed by atoms with Crippen LogP contribution in [-0.4, -0.2) is 62.5 Å². The van der Waals surface area contributed by atoms with Crippen molar-refractivity contribution in [3.8, 4) is 0 Å². The van der Waals surface area contributed by atoms with Gasteiger partial charge in [-0.15, -0.1) is 0 Å². The Kier molecular flexibility index (Phi) is 7.97. The second-order valence-corrected chi connectivity index (χ2v) is 4.76. The van der Waals surface area contributed by atoms with Crippen LogP contribution >= 0.6 is 0 Å². The summed E-state index contributed by atoms with van der Waals surface area (Å²) in [6.07, 6.45) is 1.58. The van der Waals surface area contributed by atoms with E-state index >= 15 is 0 Å². The van der Waals surface area contributed by atoms with Gasteiger partial charge in [-0.25, -0.2) is 0 Å². The van der Waals surface area contributed by atoms with Crippen LogP contribution in [0.25, 0.3) is 0 Å². The summed E-state index contributed by atoms with van der Waals surface area (Å²) in [4.78, 5) is 13.9. The minimum atomic E-state index is -0.353. The molecule has 0 aromatic rings. The Hall–Kier alpha value is -0.690. The van der Waals surface area contributed by atoms with Crippen molar-refractivity contribution in [1.82, 2.24) is 10.2 Å². The van der Waals surface area contributed by atoms with Gasteiger partial charge in [-0.1, -0.05) is 0 Å². The van der Waals surface area contributed by atoms with E-state index in [1.165, 1.54) is 0 Å². The van der Waals surface area contributed by atoms with E-state index in [-0.39, 0.29) is 12.2 Å². The molecule has 0 saturated carbocycles. The van der Waals surface area contributed by atoms with Crippen molar-refractivity contribution >= 4 is 5.91 Å². The van der Waals surface area contributed by atoms with E-state index in [1.807, 2.05) is 13.8 Å². The van der Waals surface area contributed by atoms with Gasteiger partial charge in [0.2, 0.25) is 5.91 Å². The van der Waals surface area contributed by atoms with Crippen LogP contribution in [0.4, 0.5) is 0 Å². The van der Waals surface area contributed by atoms with E-state index in [0.717, 1.165) is 25.9 Å². The lowest BCUT2D eigenvalue weighted by molar-refractivity contribution is -0.141. The molecular formula is C13H27N3O3. The quantitative estimate of drug-likeness (QED) is 0.605. The maximum absolute atomic E-state index is 11.8. The summed E-state index contributed by atoms with van der Waals surface area (Å²) in [6.45, 7) is 7.58. The van der Waals surface area contributed by atoms with E-state index in [0.29, 0.717) is 32.3 Å². The molecule has 0 unspecified atom stereocenters. The fraction of sp³-hybridized carbons (Fsp3) is 0.923. The lowest BCUT2D eigenvalue weighted by atomic mass is 10.1. The first-order chi connectivity index (χ1) is 9.15. The van der Waals surface area contributed by atoms with Crippen LogP contribution in [0.3, 0.4) is 0 Å². The second-order valence-electron chi connectivity index (χ2n) is 4.76. The largest absolute Gasteiger partial charge is 0.351 e. The monoisotopic (exact) mass is 273 g/mol. The minimum absolute atomic E-state index is 0.0138. The molecule has 6 heteroatoms. The first-order valence-corrected chi connectivity index (χ1v) is 7.13. The average Bonchev–Trinajstić information content (AvgIpc) is 2.39. The fourth-order valence-electron chi connectivity index (χ4n) is 2.10. The minimum Gasteiger partial charge on any atom is -0.351 e. The number of ether oxygens (including phenoxy) is 2. The predicted molar refractivity (Wildman–Crippen MR) is 73.7 cm³/mol. The molecule has 0 atom stereocenters. The molecule has 19 heavy (non-hydrogen) atoms.